The minimum atomic E-state index is -0.536. The Morgan fingerprint density at radius 1 is 1.60 bits per heavy atom. The van der Waals surface area contributed by atoms with Crippen molar-refractivity contribution in [3.8, 4) is 0 Å². The number of primary amides is 1. The fourth-order valence-electron chi connectivity index (χ4n) is 1.09. The second-order valence-corrected chi connectivity index (χ2v) is 4.74. The van der Waals surface area contributed by atoms with Crippen LogP contribution >= 0.6 is 11.8 Å². The Labute approximate surface area is 92.6 Å². The fourth-order valence-corrected chi connectivity index (χ4v) is 1.96. The lowest BCUT2D eigenvalue weighted by Gasteiger charge is -2.09. The largest absolute Gasteiger partial charge is 0.398 e. The molecule has 1 unspecified atom stereocenters. The zero-order valence-electron chi connectivity index (χ0n) is 8.43. The van der Waals surface area contributed by atoms with Crippen molar-refractivity contribution in [2.45, 2.75) is 17.1 Å². The van der Waals surface area contributed by atoms with E-state index in [0.717, 1.165) is 4.90 Å². The third-order valence-corrected chi connectivity index (χ3v) is 2.96. The van der Waals surface area contributed by atoms with E-state index in [-0.39, 0.29) is 11.9 Å². The number of aliphatic hydroxyl groups is 1. The molecule has 0 aliphatic rings. The van der Waals surface area contributed by atoms with Gasteiger partial charge in [-0.1, -0.05) is 6.92 Å². The Balaban J connectivity index is 2.92. The third-order valence-electron chi connectivity index (χ3n) is 1.88. The maximum absolute atomic E-state index is 11.0. The Morgan fingerprint density at radius 3 is 2.80 bits per heavy atom. The van der Waals surface area contributed by atoms with E-state index in [9.17, 15) is 4.79 Å². The summed E-state index contributed by atoms with van der Waals surface area (Å²) >= 11 is 1.47. The topological polar surface area (TPSA) is 89.3 Å². The summed E-state index contributed by atoms with van der Waals surface area (Å²) in [6.07, 6.45) is 0. The van der Waals surface area contributed by atoms with Crippen LogP contribution < -0.4 is 11.5 Å². The van der Waals surface area contributed by atoms with Crippen LogP contribution in [0.15, 0.2) is 23.1 Å². The lowest BCUT2D eigenvalue weighted by Crippen LogP contribution is -2.13. The number of carbonyl (C=O) groups excluding carboxylic acids is 1. The summed E-state index contributed by atoms with van der Waals surface area (Å²) in [5, 5.41) is 8.97. The molecule has 0 saturated carbocycles. The van der Waals surface area contributed by atoms with E-state index in [0.29, 0.717) is 11.3 Å². The number of aliphatic hydroxyl groups excluding tert-OH is 1. The van der Waals surface area contributed by atoms with Crippen molar-refractivity contribution in [2.75, 3.05) is 12.3 Å². The second kappa shape index (κ2) is 5.04. The summed E-state index contributed by atoms with van der Waals surface area (Å²) in [5.74, 6) is -0.536. The van der Waals surface area contributed by atoms with Crippen LogP contribution in [0, 0.1) is 0 Å². The molecule has 4 nitrogen and oxygen atoms in total. The van der Waals surface area contributed by atoms with Crippen LogP contribution in [0.4, 0.5) is 5.69 Å². The van der Waals surface area contributed by atoms with Gasteiger partial charge in [-0.3, -0.25) is 4.79 Å². The van der Waals surface area contributed by atoms with Crippen LogP contribution in [-0.2, 0) is 0 Å². The lowest BCUT2D eigenvalue weighted by atomic mass is 10.2. The molecule has 5 N–H and O–H groups in total. The van der Waals surface area contributed by atoms with Crippen molar-refractivity contribution in [3.63, 3.8) is 0 Å². The van der Waals surface area contributed by atoms with Crippen LogP contribution in [-0.4, -0.2) is 22.9 Å². The molecule has 0 aromatic heterocycles. The van der Waals surface area contributed by atoms with Crippen molar-refractivity contribution in [3.05, 3.63) is 23.8 Å². The van der Waals surface area contributed by atoms with Gasteiger partial charge < -0.3 is 16.6 Å². The van der Waals surface area contributed by atoms with Gasteiger partial charge in [0.15, 0.2) is 0 Å². The number of hydrogen-bond acceptors (Lipinski definition) is 4. The van der Waals surface area contributed by atoms with Gasteiger partial charge in [0.25, 0.3) is 5.91 Å². The first kappa shape index (κ1) is 11.9. The van der Waals surface area contributed by atoms with Crippen LogP contribution in [0.5, 0.6) is 0 Å². The predicted molar refractivity (Wildman–Crippen MR) is 61.8 cm³/mol. The minimum Gasteiger partial charge on any atom is -0.398 e. The summed E-state index contributed by atoms with van der Waals surface area (Å²) in [6.45, 7) is 1.98. The van der Waals surface area contributed by atoms with E-state index in [1.54, 1.807) is 18.2 Å². The van der Waals surface area contributed by atoms with Gasteiger partial charge in [0.2, 0.25) is 0 Å². The number of carbonyl (C=O) groups is 1. The summed E-state index contributed by atoms with van der Waals surface area (Å²) in [5.41, 5.74) is 11.5. The monoisotopic (exact) mass is 226 g/mol. The van der Waals surface area contributed by atoms with E-state index in [2.05, 4.69) is 0 Å². The van der Waals surface area contributed by atoms with E-state index in [1.165, 1.54) is 11.8 Å². The third kappa shape index (κ3) is 3.14. The van der Waals surface area contributed by atoms with Gasteiger partial charge in [-0.05, 0) is 18.2 Å². The molecule has 0 aliphatic heterocycles. The van der Waals surface area contributed by atoms with Crippen molar-refractivity contribution >= 4 is 23.4 Å². The molecular weight excluding hydrogens is 212 g/mol. The summed E-state index contributed by atoms with van der Waals surface area (Å²) < 4.78 is 0. The zero-order valence-corrected chi connectivity index (χ0v) is 9.25. The maximum Gasteiger partial charge on any atom is 0.250 e. The average molecular weight is 226 g/mol. The molecule has 1 aromatic rings. The number of nitrogens with two attached hydrogens (primary N) is 2. The molecule has 0 fully saturated rings. The fraction of sp³-hybridized carbons (Fsp3) is 0.300. The van der Waals surface area contributed by atoms with Gasteiger partial charge in [0.1, 0.15) is 0 Å². The number of benzene rings is 1. The average Bonchev–Trinajstić information content (AvgIpc) is 2.20. The molecule has 1 amide bonds. The Kier molecular flexibility index (Phi) is 3.99. The quantitative estimate of drug-likeness (QED) is 0.524. The minimum absolute atomic E-state index is 0.0781. The number of anilines is 1. The lowest BCUT2D eigenvalue weighted by molar-refractivity contribution is 0.100. The summed E-state index contributed by atoms with van der Waals surface area (Å²) in [4.78, 5) is 11.9. The highest BCUT2D eigenvalue weighted by atomic mass is 32.2. The Hall–Kier alpha value is -1.20. The molecule has 1 rings (SSSR count). The van der Waals surface area contributed by atoms with Gasteiger partial charge in [0.05, 0.1) is 12.2 Å². The molecule has 1 atom stereocenters. The van der Waals surface area contributed by atoms with Crippen LogP contribution in [0.3, 0.4) is 0 Å². The SMILES string of the molecule is CC(CO)Sc1ccc(N)c(C(N)=O)c1. The molecule has 0 radical (unpaired) electrons. The highest BCUT2D eigenvalue weighted by Gasteiger charge is 2.09. The molecule has 0 saturated heterocycles. The Morgan fingerprint density at radius 2 is 2.27 bits per heavy atom. The van der Waals surface area contributed by atoms with E-state index in [4.69, 9.17) is 16.6 Å². The van der Waals surface area contributed by atoms with E-state index < -0.39 is 5.91 Å². The van der Waals surface area contributed by atoms with Crippen LogP contribution in [0.25, 0.3) is 0 Å². The Bertz CT molecular complexity index is 368. The number of amides is 1. The summed E-state index contributed by atoms with van der Waals surface area (Å²) in [7, 11) is 0. The number of nitrogen functional groups attached to an aromatic ring is 1. The molecule has 1 aromatic carbocycles. The molecular formula is C10H14N2O2S. The van der Waals surface area contributed by atoms with E-state index in [1.807, 2.05) is 6.92 Å². The van der Waals surface area contributed by atoms with Crippen molar-refractivity contribution < 1.29 is 9.90 Å². The molecule has 82 valence electrons. The number of hydrogen-bond donors (Lipinski definition) is 3. The molecule has 0 heterocycles. The van der Waals surface area contributed by atoms with Crippen molar-refractivity contribution in [1.82, 2.24) is 0 Å². The number of thioether (sulfide) groups is 1. The predicted octanol–water partition coefficient (Wildman–Crippen LogP) is 0.841. The van der Waals surface area contributed by atoms with Gasteiger partial charge in [-0.15, -0.1) is 11.8 Å². The molecule has 0 aliphatic carbocycles. The smallest absolute Gasteiger partial charge is 0.250 e. The van der Waals surface area contributed by atoms with E-state index >= 15 is 0 Å². The summed E-state index contributed by atoms with van der Waals surface area (Å²) in [6, 6.07) is 5.10. The van der Waals surface area contributed by atoms with Crippen LogP contribution in [0.2, 0.25) is 0 Å². The van der Waals surface area contributed by atoms with Crippen LogP contribution in [0.1, 0.15) is 17.3 Å². The highest BCUT2D eigenvalue weighted by Crippen LogP contribution is 2.26. The first-order chi connectivity index (χ1) is 7.04. The molecule has 15 heavy (non-hydrogen) atoms. The van der Waals surface area contributed by atoms with Crippen molar-refractivity contribution in [2.24, 2.45) is 5.73 Å². The second-order valence-electron chi connectivity index (χ2n) is 3.22. The van der Waals surface area contributed by atoms with Gasteiger partial charge in [-0.25, -0.2) is 0 Å². The van der Waals surface area contributed by atoms with Gasteiger partial charge in [-0.2, -0.15) is 0 Å². The number of rotatable bonds is 4. The first-order valence-electron chi connectivity index (χ1n) is 4.51. The van der Waals surface area contributed by atoms with Gasteiger partial charge in [0, 0.05) is 15.8 Å². The molecule has 0 bridgehead atoms. The molecule has 0 spiro atoms. The first-order valence-corrected chi connectivity index (χ1v) is 5.39. The van der Waals surface area contributed by atoms with Crippen molar-refractivity contribution in [1.29, 1.82) is 0 Å². The van der Waals surface area contributed by atoms with Gasteiger partial charge >= 0.3 is 0 Å². The normalized spacial score (nSPS) is 12.4. The maximum atomic E-state index is 11.0. The highest BCUT2D eigenvalue weighted by molar-refractivity contribution is 8.00. The standard InChI is InChI=1S/C10H14N2O2S/c1-6(5-13)15-7-2-3-9(11)8(4-7)10(12)14/h2-4,6,13H,5,11H2,1H3,(H2,12,14). The zero-order chi connectivity index (χ0) is 11.4. The molecule has 5 heteroatoms.